The number of rotatable bonds is 9. The van der Waals surface area contributed by atoms with Gasteiger partial charge in [0, 0.05) is 19.2 Å². The van der Waals surface area contributed by atoms with Gasteiger partial charge in [-0.3, -0.25) is 4.57 Å². The second-order valence-electron chi connectivity index (χ2n) is 8.83. The van der Waals surface area contributed by atoms with E-state index in [1.807, 2.05) is 0 Å². The molecule has 13 nitrogen and oxygen atoms in total. The monoisotopic (exact) mass is 521 g/mol. The van der Waals surface area contributed by atoms with Gasteiger partial charge in [-0.2, -0.15) is 4.68 Å². The number of ether oxygens (including phenoxy) is 3. The van der Waals surface area contributed by atoms with Crippen molar-refractivity contribution in [1.29, 1.82) is 0 Å². The van der Waals surface area contributed by atoms with Crippen molar-refractivity contribution in [2.45, 2.75) is 68.5 Å². The number of hydrogen-bond donors (Lipinski definition) is 5. The van der Waals surface area contributed by atoms with Crippen molar-refractivity contribution in [3.8, 4) is 0 Å². The van der Waals surface area contributed by atoms with Gasteiger partial charge in [-0.1, -0.05) is 29.7 Å². The third-order valence-electron chi connectivity index (χ3n) is 6.28. The molecule has 1 saturated heterocycles. The summed E-state index contributed by atoms with van der Waals surface area (Å²) in [5, 5.41) is 31.1. The normalized spacial score (nSPS) is 28.0. The van der Waals surface area contributed by atoms with Gasteiger partial charge in [0.1, 0.15) is 23.5 Å². The Labute approximate surface area is 200 Å². The lowest BCUT2D eigenvalue weighted by Crippen LogP contribution is -2.40. The number of halogens is 1. The average molecular weight is 522 g/mol. The maximum atomic E-state index is 11.9. The van der Waals surface area contributed by atoms with Crippen LogP contribution < -0.4 is 5.32 Å². The van der Waals surface area contributed by atoms with Gasteiger partial charge in [-0.05, 0) is 19.8 Å². The molecule has 3 heterocycles. The Morgan fingerprint density at radius 2 is 2.03 bits per heavy atom. The van der Waals surface area contributed by atoms with E-state index in [9.17, 15) is 24.6 Å². The van der Waals surface area contributed by atoms with Crippen LogP contribution in [0.25, 0.3) is 11.2 Å². The highest BCUT2D eigenvalue weighted by Gasteiger charge is 2.49. The number of aliphatic hydroxyl groups is 2. The van der Waals surface area contributed by atoms with Crippen molar-refractivity contribution >= 4 is 36.0 Å². The summed E-state index contributed by atoms with van der Waals surface area (Å²) in [6.45, 7) is 0.385. The van der Waals surface area contributed by atoms with E-state index in [1.54, 1.807) is 6.07 Å². The van der Waals surface area contributed by atoms with E-state index in [4.69, 9.17) is 25.8 Å². The largest absolute Gasteiger partial charge is 0.387 e. The van der Waals surface area contributed by atoms with Crippen molar-refractivity contribution in [2.75, 3.05) is 25.6 Å². The highest BCUT2D eigenvalue weighted by Crippen LogP contribution is 2.51. The zero-order valence-corrected chi connectivity index (χ0v) is 20.4. The van der Waals surface area contributed by atoms with Crippen LogP contribution >= 0.6 is 19.2 Å². The van der Waals surface area contributed by atoms with Crippen LogP contribution in [0.1, 0.15) is 38.8 Å². The average Bonchev–Trinajstić information content (AvgIpc) is 3.48. The molecule has 2 aromatic rings. The van der Waals surface area contributed by atoms with Gasteiger partial charge in [-0.25, -0.2) is 4.98 Å². The molecule has 34 heavy (non-hydrogen) atoms. The molecule has 0 amide bonds. The van der Waals surface area contributed by atoms with E-state index in [0.29, 0.717) is 17.2 Å². The molecule has 1 aliphatic carbocycles. The van der Waals surface area contributed by atoms with Crippen LogP contribution in [0.4, 0.5) is 5.69 Å². The Bertz CT molecular complexity index is 1060. The van der Waals surface area contributed by atoms with Gasteiger partial charge in [0.25, 0.3) is 0 Å². The van der Waals surface area contributed by atoms with Gasteiger partial charge in [0.2, 0.25) is 0 Å². The standard InChI is InChI=1S/C19H29ClN5O8P/c1-19(9-31-2,34(28,29)30)32-8-12-15(26)16(27)18(33-12)25-17-14(23-24-25)11(7-13(20)22-17)21-10-5-3-4-6-10/h7,10,12,15-16,18,26-27H,3-6,8-9H2,1-2H3,(H,21,22)(H2,28,29,30)/t12-,15-,16-,18-,19-/m1/s1. The van der Waals surface area contributed by atoms with Gasteiger partial charge >= 0.3 is 7.60 Å². The molecule has 0 bridgehead atoms. The van der Waals surface area contributed by atoms with E-state index in [-0.39, 0.29) is 17.4 Å². The van der Waals surface area contributed by atoms with Crippen LogP contribution in [0.15, 0.2) is 6.07 Å². The summed E-state index contributed by atoms with van der Waals surface area (Å²) in [5.41, 5.74) is 1.36. The summed E-state index contributed by atoms with van der Waals surface area (Å²) < 4.78 is 29.2. The molecule has 190 valence electrons. The van der Waals surface area contributed by atoms with E-state index in [1.165, 1.54) is 18.7 Å². The molecule has 0 aromatic carbocycles. The quantitative estimate of drug-likeness (QED) is 0.233. The first kappa shape index (κ1) is 25.7. The summed E-state index contributed by atoms with van der Waals surface area (Å²) >= 11 is 6.23. The second kappa shape index (κ2) is 9.92. The van der Waals surface area contributed by atoms with Crippen LogP contribution in [0.2, 0.25) is 5.15 Å². The first-order chi connectivity index (χ1) is 16.0. The maximum Gasteiger partial charge on any atom is 0.359 e. The molecular weight excluding hydrogens is 493 g/mol. The number of fused-ring (bicyclic) bond motifs is 1. The summed E-state index contributed by atoms with van der Waals surface area (Å²) in [5.74, 6) is 0. The topological polar surface area (TPSA) is 181 Å². The lowest BCUT2D eigenvalue weighted by atomic mass is 10.1. The summed E-state index contributed by atoms with van der Waals surface area (Å²) in [7, 11) is -3.44. The number of hydrogen-bond acceptors (Lipinski definition) is 10. The van der Waals surface area contributed by atoms with Crippen LogP contribution in [0, 0.1) is 0 Å². The molecule has 5 atom stereocenters. The predicted octanol–water partition coefficient (Wildman–Crippen LogP) is 1.01. The van der Waals surface area contributed by atoms with Gasteiger partial charge in [0.15, 0.2) is 22.7 Å². The van der Waals surface area contributed by atoms with Crippen LogP contribution in [-0.2, 0) is 18.8 Å². The molecule has 2 fully saturated rings. The van der Waals surface area contributed by atoms with Crippen LogP contribution in [0.5, 0.6) is 0 Å². The Morgan fingerprint density at radius 3 is 2.68 bits per heavy atom. The number of methoxy groups -OCH3 is 1. The number of anilines is 1. The molecule has 1 aliphatic heterocycles. The molecule has 0 spiro atoms. The number of aliphatic hydroxyl groups excluding tert-OH is 2. The fourth-order valence-corrected chi connectivity index (χ4v) is 5.00. The third-order valence-corrected chi connectivity index (χ3v) is 7.97. The fourth-order valence-electron chi connectivity index (χ4n) is 4.27. The van der Waals surface area contributed by atoms with Crippen molar-refractivity contribution in [3.05, 3.63) is 11.2 Å². The van der Waals surface area contributed by atoms with E-state index in [0.717, 1.165) is 25.7 Å². The van der Waals surface area contributed by atoms with E-state index in [2.05, 4.69) is 20.6 Å². The number of nitrogens with zero attached hydrogens (tertiary/aromatic N) is 4. The highest BCUT2D eigenvalue weighted by molar-refractivity contribution is 7.53. The summed E-state index contributed by atoms with van der Waals surface area (Å²) in [6, 6.07) is 1.95. The van der Waals surface area contributed by atoms with Crippen molar-refractivity contribution in [2.24, 2.45) is 0 Å². The lowest BCUT2D eigenvalue weighted by molar-refractivity contribution is -0.108. The fraction of sp³-hybridized carbons (Fsp3) is 0.737. The minimum Gasteiger partial charge on any atom is -0.387 e. The molecule has 0 unspecified atom stereocenters. The van der Waals surface area contributed by atoms with Crippen LogP contribution in [0.3, 0.4) is 0 Å². The Kier molecular flexibility index (Phi) is 7.49. The Balaban J connectivity index is 1.55. The molecule has 1 saturated carbocycles. The van der Waals surface area contributed by atoms with Crippen molar-refractivity contribution in [1.82, 2.24) is 20.0 Å². The van der Waals surface area contributed by atoms with Crippen molar-refractivity contribution in [3.63, 3.8) is 0 Å². The second-order valence-corrected chi connectivity index (χ2v) is 11.3. The van der Waals surface area contributed by atoms with Gasteiger partial charge in [-0.15, -0.1) is 5.10 Å². The molecule has 0 radical (unpaired) electrons. The molecule has 4 rings (SSSR count). The molecule has 2 aliphatic rings. The SMILES string of the molecule is COC[C@](C)(OC[C@H]1O[C@@H](n2nnc3c(NC4CCCC4)cc(Cl)nc32)[C@H](O)[C@@H]1O)P(=O)(O)O. The zero-order chi connectivity index (χ0) is 24.7. The molecule has 2 aromatic heterocycles. The summed E-state index contributed by atoms with van der Waals surface area (Å²) in [4.78, 5) is 23.6. The molecule has 15 heteroatoms. The summed E-state index contributed by atoms with van der Waals surface area (Å²) in [6.07, 6.45) is -0.811. The van der Waals surface area contributed by atoms with E-state index >= 15 is 0 Å². The number of pyridine rings is 1. The van der Waals surface area contributed by atoms with E-state index < -0.39 is 44.1 Å². The predicted molar refractivity (Wildman–Crippen MR) is 120 cm³/mol. The van der Waals surface area contributed by atoms with Gasteiger partial charge in [0.05, 0.1) is 18.9 Å². The highest BCUT2D eigenvalue weighted by atomic mass is 35.5. The first-order valence-corrected chi connectivity index (χ1v) is 12.9. The minimum atomic E-state index is -4.72. The zero-order valence-electron chi connectivity index (χ0n) is 18.7. The smallest absolute Gasteiger partial charge is 0.359 e. The third kappa shape index (κ3) is 4.95. The molecule has 5 N–H and O–H groups in total. The lowest BCUT2D eigenvalue weighted by Gasteiger charge is -2.31. The Morgan fingerprint density at radius 1 is 1.32 bits per heavy atom. The minimum absolute atomic E-state index is 0.196. The van der Waals surface area contributed by atoms with Crippen molar-refractivity contribution < 1.29 is 38.8 Å². The Hall–Kier alpha value is -1.41. The van der Waals surface area contributed by atoms with Gasteiger partial charge < -0.3 is 39.5 Å². The number of nitrogens with one attached hydrogen (secondary N) is 1. The number of aromatic nitrogens is 4. The molecular formula is C19H29ClN5O8P. The van der Waals surface area contributed by atoms with Crippen LogP contribution in [-0.4, -0.2) is 90.0 Å². The first-order valence-electron chi connectivity index (χ1n) is 10.9. The maximum absolute atomic E-state index is 11.9.